The molecule has 0 unspecified atom stereocenters. The van der Waals surface area contributed by atoms with Crippen molar-refractivity contribution in [2.75, 3.05) is 26.9 Å². The molecule has 0 saturated carbocycles. The molecule has 1 rings (SSSR count). The quantitative estimate of drug-likeness (QED) is 0.722. The van der Waals surface area contributed by atoms with Gasteiger partial charge in [-0.2, -0.15) is 0 Å². The first kappa shape index (κ1) is 12.9. The average Bonchev–Trinajstić information content (AvgIpc) is 2.29. The van der Waals surface area contributed by atoms with Crippen LogP contribution in [0.25, 0.3) is 0 Å². The lowest BCUT2D eigenvalue weighted by Gasteiger charge is -2.07. The Labute approximate surface area is 95.6 Å². The van der Waals surface area contributed by atoms with Gasteiger partial charge in [0, 0.05) is 19.7 Å². The Kier molecular flexibility index (Phi) is 5.82. The fourth-order valence-electron chi connectivity index (χ4n) is 1.34. The molecule has 1 N–H and O–H groups in total. The van der Waals surface area contributed by atoms with Crippen LogP contribution >= 0.6 is 0 Å². The Bertz CT molecular complexity index is 318. The molecule has 0 atom stereocenters. The minimum absolute atomic E-state index is 0.276. The van der Waals surface area contributed by atoms with Crippen molar-refractivity contribution in [3.05, 3.63) is 29.6 Å². The number of benzene rings is 1. The van der Waals surface area contributed by atoms with Crippen molar-refractivity contribution in [2.45, 2.75) is 13.5 Å². The van der Waals surface area contributed by atoms with Crippen LogP contribution in [0.1, 0.15) is 12.5 Å². The number of rotatable bonds is 7. The van der Waals surface area contributed by atoms with Crippen LogP contribution in [0.3, 0.4) is 0 Å². The van der Waals surface area contributed by atoms with Crippen molar-refractivity contribution >= 4 is 0 Å². The molecular formula is C12H18FNO2. The lowest BCUT2D eigenvalue weighted by Crippen LogP contribution is -2.19. The summed E-state index contributed by atoms with van der Waals surface area (Å²) >= 11 is 0. The molecule has 0 aromatic heterocycles. The van der Waals surface area contributed by atoms with Crippen molar-refractivity contribution in [1.29, 1.82) is 0 Å². The summed E-state index contributed by atoms with van der Waals surface area (Å²) in [5.74, 6) is -0.0512. The minimum atomic E-state index is -0.327. The summed E-state index contributed by atoms with van der Waals surface area (Å²) in [6.07, 6.45) is 0. The van der Waals surface area contributed by atoms with Crippen LogP contribution < -0.4 is 10.1 Å². The van der Waals surface area contributed by atoms with E-state index in [1.807, 2.05) is 13.0 Å². The van der Waals surface area contributed by atoms with Crippen LogP contribution in [0.4, 0.5) is 4.39 Å². The standard InChI is InChI=1S/C12H18FNO2/c1-3-16-7-6-14-9-10-4-5-12(15-2)11(13)8-10/h4-5,8,14H,3,6-7,9H2,1-2H3. The van der Waals surface area contributed by atoms with Crippen molar-refractivity contribution in [3.63, 3.8) is 0 Å². The molecule has 0 aliphatic rings. The van der Waals surface area contributed by atoms with Gasteiger partial charge in [0.1, 0.15) is 0 Å². The maximum atomic E-state index is 13.3. The highest BCUT2D eigenvalue weighted by atomic mass is 19.1. The molecule has 1 aromatic carbocycles. The molecule has 0 amide bonds. The Morgan fingerprint density at radius 1 is 1.38 bits per heavy atom. The second kappa shape index (κ2) is 7.19. The van der Waals surface area contributed by atoms with Crippen LogP contribution in [0.5, 0.6) is 5.75 Å². The van der Waals surface area contributed by atoms with Crippen LogP contribution in [0.2, 0.25) is 0 Å². The third kappa shape index (κ3) is 4.16. The van der Waals surface area contributed by atoms with Gasteiger partial charge in [-0.25, -0.2) is 4.39 Å². The number of hydrogen-bond donors (Lipinski definition) is 1. The van der Waals surface area contributed by atoms with Gasteiger partial charge in [0.05, 0.1) is 13.7 Å². The van der Waals surface area contributed by atoms with Crippen molar-refractivity contribution < 1.29 is 13.9 Å². The van der Waals surface area contributed by atoms with Crippen LogP contribution in [0.15, 0.2) is 18.2 Å². The van der Waals surface area contributed by atoms with Crippen LogP contribution in [-0.2, 0) is 11.3 Å². The summed E-state index contributed by atoms with van der Waals surface area (Å²) in [6.45, 7) is 4.75. The van der Waals surface area contributed by atoms with E-state index in [4.69, 9.17) is 9.47 Å². The molecule has 0 heterocycles. The molecule has 0 bridgehead atoms. The van der Waals surface area contributed by atoms with Gasteiger partial charge >= 0.3 is 0 Å². The molecule has 0 fully saturated rings. The fraction of sp³-hybridized carbons (Fsp3) is 0.500. The second-order valence-corrected chi connectivity index (χ2v) is 3.34. The van der Waals surface area contributed by atoms with E-state index in [0.29, 0.717) is 13.2 Å². The summed E-state index contributed by atoms with van der Waals surface area (Å²) in [6, 6.07) is 4.96. The molecule has 1 aromatic rings. The van der Waals surface area contributed by atoms with E-state index in [-0.39, 0.29) is 11.6 Å². The second-order valence-electron chi connectivity index (χ2n) is 3.34. The normalized spacial score (nSPS) is 10.4. The summed E-state index contributed by atoms with van der Waals surface area (Å²) in [7, 11) is 1.46. The third-order valence-electron chi connectivity index (χ3n) is 2.17. The van der Waals surface area contributed by atoms with E-state index in [2.05, 4.69) is 5.32 Å². The number of methoxy groups -OCH3 is 1. The average molecular weight is 227 g/mol. The van der Waals surface area contributed by atoms with Gasteiger partial charge in [0.15, 0.2) is 11.6 Å². The van der Waals surface area contributed by atoms with E-state index in [9.17, 15) is 4.39 Å². The first-order chi connectivity index (χ1) is 7.77. The van der Waals surface area contributed by atoms with Gasteiger partial charge in [0.2, 0.25) is 0 Å². The number of halogens is 1. The largest absolute Gasteiger partial charge is 0.494 e. The summed E-state index contributed by atoms with van der Waals surface area (Å²) in [5.41, 5.74) is 0.898. The van der Waals surface area contributed by atoms with Crippen molar-refractivity contribution in [1.82, 2.24) is 5.32 Å². The predicted molar refractivity (Wildman–Crippen MR) is 61.2 cm³/mol. The number of ether oxygens (including phenoxy) is 2. The maximum absolute atomic E-state index is 13.3. The maximum Gasteiger partial charge on any atom is 0.165 e. The van der Waals surface area contributed by atoms with Gasteiger partial charge < -0.3 is 14.8 Å². The molecule has 3 nitrogen and oxygen atoms in total. The monoisotopic (exact) mass is 227 g/mol. The Morgan fingerprint density at radius 2 is 2.19 bits per heavy atom. The van der Waals surface area contributed by atoms with Crippen molar-refractivity contribution in [2.24, 2.45) is 0 Å². The molecule has 4 heteroatoms. The minimum Gasteiger partial charge on any atom is -0.494 e. The lowest BCUT2D eigenvalue weighted by atomic mass is 10.2. The predicted octanol–water partition coefficient (Wildman–Crippen LogP) is 1.96. The van der Waals surface area contributed by atoms with Gasteiger partial charge in [-0.15, -0.1) is 0 Å². The number of nitrogens with one attached hydrogen (secondary N) is 1. The Morgan fingerprint density at radius 3 is 2.81 bits per heavy atom. The zero-order chi connectivity index (χ0) is 11.8. The van der Waals surface area contributed by atoms with Crippen molar-refractivity contribution in [3.8, 4) is 5.75 Å². The summed E-state index contributed by atoms with van der Waals surface area (Å²) in [5, 5.41) is 3.17. The van der Waals surface area contributed by atoms with E-state index < -0.39 is 0 Å². The van der Waals surface area contributed by atoms with Gasteiger partial charge in [-0.1, -0.05) is 6.07 Å². The molecule has 0 radical (unpaired) electrons. The molecule has 90 valence electrons. The Hall–Kier alpha value is -1.13. The summed E-state index contributed by atoms with van der Waals surface area (Å²) in [4.78, 5) is 0. The smallest absolute Gasteiger partial charge is 0.165 e. The van der Waals surface area contributed by atoms with Crippen LogP contribution in [-0.4, -0.2) is 26.9 Å². The van der Waals surface area contributed by atoms with Gasteiger partial charge in [-0.3, -0.25) is 0 Å². The van der Waals surface area contributed by atoms with E-state index in [0.717, 1.165) is 18.7 Å². The van der Waals surface area contributed by atoms with E-state index in [1.54, 1.807) is 6.07 Å². The molecular weight excluding hydrogens is 209 g/mol. The lowest BCUT2D eigenvalue weighted by molar-refractivity contribution is 0.149. The topological polar surface area (TPSA) is 30.5 Å². The van der Waals surface area contributed by atoms with Crippen LogP contribution in [0, 0.1) is 5.82 Å². The SMILES string of the molecule is CCOCCNCc1ccc(OC)c(F)c1. The van der Waals surface area contributed by atoms with Gasteiger partial charge in [0.25, 0.3) is 0 Å². The zero-order valence-electron chi connectivity index (χ0n) is 9.75. The van der Waals surface area contributed by atoms with Gasteiger partial charge in [-0.05, 0) is 24.6 Å². The molecule has 0 aliphatic heterocycles. The zero-order valence-corrected chi connectivity index (χ0v) is 9.75. The highest BCUT2D eigenvalue weighted by Crippen LogP contribution is 2.17. The first-order valence-electron chi connectivity index (χ1n) is 5.38. The molecule has 0 spiro atoms. The highest BCUT2D eigenvalue weighted by molar-refractivity contribution is 5.29. The summed E-state index contributed by atoms with van der Waals surface area (Å²) < 4.78 is 23.3. The number of hydrogen-bond acceptors (Lipinski definition) is 3. The third-order valence-corrected chi connectivity index (χ3v) is 2.17. The van der Waals surface area contributed by atoms with E-state index >= 15 is 0 Å². The molecule has 0 aliphatic carbocycles. The fourth-order valence-corrected chi connectivity index (χ4v) is 1.34. The molecule has 16 heavy (non-hydrogen) atoms. The molecule has 0 saturated heterocycles. The van der Waals surface area contributed by atoms with E-state index in [1.165, 1.54) is 13.2 Å². The highest BCUT2D eigenvalue weighted by Gasteiger charge is 2.02. The first-order valence-corrected chi connectivity index (χ1v) is 5.38. The Balaban J connectivity index is 2.34.